The summed E-state index contributed by atoms with van der Waals surface area (Å²) in [6, 6.07) is 5.71. The lowest BCUT2D eigenvalue weighted by atomic mass is 9.89. The van der Waals surface area contributed by atoms with Gasteiger partial charge in [0.15, 0.2) is 0 Å². The van der Waals surface area contributed by atoms with Gasteiger partial charge in [0.1, 0.15) is 12.1 Å². The van der Waals surface area contributed by atoms with Gasteiger partial charge in [-0.3, -0.25) is 14.5 Å². The van der Waals surface area contributed by atoms with Crippen molar-refractivity contribution in [2.75, 3.05) is 13.1 Å². The highest BCUT2D eigenvalue weighted by Crippen LogP contribution is 2.32. The van der Waals surface area contributed by atoms with E-state index in [1.165, 1.54) is 11.1 Å². The number of benzene rings is 1. The third-order valence-corrected chi connectivity index (χ3v) is 6.37. The fourth-order valence-corrected chi connectivity index (χ4v) is 4.61. The minimum atomic E-state index is -1.11. The third kappa shape index (κ3) is 3.01. The molecule has 2 aliphatic heterocycles. The molecular weight excluding hydrogens is 342 g/mol. The first-order valence-electron chi connectivity index (χ1n) is 9.96. The monoisotopic (exact) mass is 369 g/mol. The second kappa shape index (κ2) is 6.66. The molecule has 1 aromatic rings. The maximum atomic E-state index is 13.1. The summed E-state index contributed by atoms with van der Waals surface area (Å²) in [6.07, 6.45) is 6.27. The fraction of sp³-hybridized carbons (Fsp3) is 0.571. The molecule has 144 valence electrons. The van der Waals surface area contributed by atoms with Crippen molar-refractivity contribution >= 4 is 17.8 Å². The van der Waals surface area contributed by atoms with Gasteiger partial charge in [-0.05, 0) is 69.1 Å². The van der Waals surface area contributed by atoms with E-state index in [1.54, 1.807) is 11.8 Å². The number of urea groups is 1. The predicted molar refractivity (Wildman–Crippen MR) is 101 cm³/mol. The zero-order chi connectivity index (χ0) is 19.2. The van der Waals surface area contributed by atoms with Crippen molar-refractivity contribution in [3.8, 4) is 0 Å². The van der Waals surface area contributed by atoms with Crippen molar-refractivity contribution in [1.82, 2.24) is 15.1 Å². The Bertz CT molecular complexity index is 806. The lowest BCUT2D eigenvalue weighted by Crippen LogP contribution is -2.48. The minimum Gasteiger partial charge on any atom is -0.338 e. The molecule has 1 aliphatic carbocycles. The highest BCUT2D eigenvalue weighted by atomic mass is 16.2. The number of amides is 4. The van der Waals surface area contributed by atoms with Crippen LogP contribution in [0.5, 0.6) is 0 Å². The second-order valence-electron chi connectivity index (χ2n) is 8.22. The Morgan fingerprint density at radius 1 is 1.19 bits per heavy atom. The van der Waals surface area contributed by atoms with E-state index in [2.05, 4.69) is 11.4 Å². The van der Waals surface area contributed by atoms with Crippen LogP contribution in [0.3, 0.4) is 0 Å². The molecule has 1 N–H and O–H groups in total. The molecule has 6 heteroatoms. The molecule has 2 heterocycles. The minimum absolute atomic E-state index is 0.149. The van der Waals surface area contributed by atoms with Crippen molar-refractivity contribution in [2.45, 2.75) is 64.0 Å². The number of fused-ring (bicyclic) bond motifs is 1. The van der Waals surface area contributed by atoms with Crippen molar-refractivity contribution in [1.29, 1.82) is 0 Å². The summed E-state index contributed by atoms with van der Waals surface area (Å²) in [7, 11) is 0. The van der Waals surface area contributed by atoms with E-state index < -0.39 is 11.6 Å². The maximum Gasteiger partial charge on any atom is 0.325 e. The van der Waals surface area contributed by atoms with Gasteiger partial charge in [-0.15, -0.1) is 0 Å². The zero-order valence-corrected chi connectivity index (χ0v) is 16.1. The lowest BCUT2D eigenvalue weighted by Gasteiger charge is -2.34. The molecular formula is C21H27N3O3. The molecule has 2 fully saturated rings. The van der Waals surface area contributed by atoms with E-state index in [-0.39, 0.29) is 24.4 Å². The number of imide groups is 1. The smallest absolute Gasteiger partial charge is 0.325 e. The molecule has 0 bridgehead atoms. The lowest BCUT2D eigenvalue weighted by molar-refractivity contribution is -0.140. The van der Waals surface area contributed by atoms with Gasteiger partial charge in [-0.25, -0.2) is 4.79 Å². The molecule has 2 saturated heterocycles. The highest BCUT2D eigenvalue weighted by molar-refractivity contribution is 6.09. The van der Waals surface area contributed by atoms with Crippen LogP contribution in [-0.2, 0) is 28.0 Å². The van der Waals surface area contributed by atoms with Gasteiger partial charge in [0.25, 0.3) is 5.91 Å². The molecule has 2 unspecified atom stereocenters. The normalized spacial score (nSPS) is 27.7. The Hall–Kier alpha value is -2.37. The topological polar surface area (TPSA) is 69.7 Å². The Balaban J connectivity index is 1.54. The summed E-state index contributed by atoms with van der Waals surface area (Å²) in [6.45, 7) is 4.27. The van der Waals surface area contributed by atoms with Crippen molar-refractivity contribution in [3.05, 3.63) is 34.9 Å². The molecule has 6 nitrogen and oxygen atoms in total. The van der Waals surface area contributed by atoms with Crippen LogP contribution in [0.1, 0.15) is 56.2 Å². The summed E-state index contributed by atoms with van der Waals surface area (Å²) in [5.41, 5.74) is 2.27. The standard InChI is InChI=1S/C21H27N3O3/c1-14-6-3-4-11-23(14)18(25)13-24-19(26)21(2,22-20(24)27)17-10-9-15-7-5-8-16(15)12-17/h9-10,12,14H,3-8,11,13H2,1-2H3,(H,22,27). The number of aryl methyl sites for hydroxylation is 2. The van der Waals surface area contributed by atoms with Crippen LogP contribution in [0.2, 0.25) is 0 Å². The van der Waals surface area contributed by atoms with Gasteiger partial charge in [0.2, 0.25) is 5.91 Å². The number of nitrogens with zero attached hydrogens (tertiary/aromatic N) is 2. The van der Waals surface area contributed by atoms with Crippen molar-refractivity contribution in [3.63, 3.8) is 0 Å². The number of nitrogens with one attached hydrogen (secondary N) is 1. The van der Waals surface area contributed by atoms with Crippen LogP contribution >= 0.6 is 0 Å². The first-order valence-corrected chi connectivity index (χ1v) is 9.96. The number of likely N-dealkylation sites (tertiary alicyclic amines) is 1. The molecule has 4 amide bonds. The van der Waals surface area contributed by atoms with E-state index in [1.807, 2.05) is 19.1 Å². The van der Waals surface area contributed by atoms with Crippen LogP contribution in [0, 0.1) is 0 Å². The average Bonchev–Trinajstić information content (AvgIpc) is 3.20. The zero-order valence-electron chi connectivity index (χ0n) is 16.1. The number of rotatable bonds is 3. The van der Waals surface area contributed by atoms with Crippen LogP contribution in [0.15, 0.2) is 18.2 Å². The van der Waals surface area contributed by atoms with Gasteiger partial charge in [0.05, 0.1) is 0 Å². The van der Waals surface area contributed by atoms with Crippen molar-refractivity contribution in [2.24, 2.45) is 0 Å². The molecule has 1 aromatic carbocycles. The largest absolute Gasteiger partial charge is 0.338 e. The van der Waals surface area contributed by atoms with E-state index in [0.29, 0.717) is 6.54 Å². The van der Waals surface area contributed by atoms with Crippen LogP contribution in [0.25, 0.3) is 0 Å². The third-order valence-electron chi connectivity index (χ3n) is 6.37. The molecule has 0 spiro atoms. The quantitative estimate of drug-likeness (QED) is 0.832. The first kappa shape index (κ1) is 18.0. The van der Waals surface area contributed by atoms with Gasteiger partial charge in [0, 0.05) is 12.6 Å². The molecule has 0 radical (unpaired) electrons. The molecule has 27 heavy (non-hydrogen) atoms. The van der Waals surface area contributed by atoms with Gasteiger partial charge >= 0.3 is 6.03 Å². The van der Waals surface area contributed by atoms with Crippen LogP contribution in [-0.4, -0.2) is 46.8 Å². The number of piperidine rings is 1. The SMILES string of the molecule is CC1CCCCN1C(=O)CN1C(=O)NC(C)(c2ccc3c(c2)CCC3)C1=O. The molecule has 4 rings (SSSR count). The summed E-state index contributed by atoms with van der Waals surface area (Å²) in [4.78, 5) is 41.2. The Morgan fingerprint density at radius 3 is 2.74 bits per heavy atom. The fourth-order valence-electron chi connectivity index (χ4n) is 4.61. The number of carbonyl (C=O) groups is 3. The Morgan fingerprint density at radius 2 is 1.96 bits per heavy atom. The Kier molecular flexibility index (Phi) is 4.44. The summed E-state index contributed by atoms with van der Waals surface area (Å²) >= 11 is 0. The Labute approximate surface area is 159 Å². The number of hydrogen-bond donors (Lipinski definition) is 1. The maximum absolute atomic E-state index is 13.1. The van der Waals surface area contributed by atoms with Gasteiger partial charge in [-0.1, -0.05) is 18.2 Å². The molecule has 2 atom stereocenters. The summed E-state index contributed by atoms with van der Waals surface area (Å²) in [5.74, 6) is -0.493. The second-order valence-corrected chi connectivity index (χ2v) is 8.22. The summed E-state index contributed by atoms with van der Waals surface area (Å²) in [5, 5.41) is 2.82. The van der Waals surface area contributed by atoms with E-state index >= 15 is 0 Å². The number of carbonyl (C=O) groups excluding carboxylic acids is 3. The molecule has 0 saturated carbocycles. The molecule has 0 aromatic heterocycles. The van der Waals surface area contributed by atoms with Crippen LogP contribution < -0.4 is 5.32 Å². The van der Waals surface area contributed by atoms with E-state index in [9.17, 15) is 14.4 Å². The first-order chi connectivity index (χ1) is 12.9. The number of hydrogen-bond acceptors (Lipinski definition) is 3. The average molecular weight is 369 g/mol. The van der Waals surface area contributed by atoms with Gasteiger partial charge in [-0.2, -0.15) is 0 Å². The molecule has 3 aliphatic rings. The van der Waals surface area contributed by atoms with Gasteiger partial charge < -0.3 is 10.2 Å². The predicted octanol–water partition coefficient (Wildman–Crippen LogP) is 2.34. The van der Waals surface area contributed by atoms with E-state index in [0.717, 1.165) is 49.0 Å². The van der Waals surface area contributed by atoms with E-state index in [4.69, 9.17) is 0 Å². The highest BCUT2D eigenvalue weighted by Gasteiger charge is 2.50. The van der Waals surface area contributed by atoms with Crippen molar-refractivity contribution < 1.29 is 14.4 Å². The summed E-state index contributed by atoms with van der Waals surface area (Å²) < 4.78 is 0. The van der Waals surface area contributed by atoms with Crippen LogP contribution in [0.4, 0.5) is 4.79 Å².